The van der Waals surface area contributed by atoms with Gasteiger partial charge in [-0.25, -0.2) is 4.98 Å². The third kappa shape index (κ3) is 2.27. The molecule has 15 heavy (non-hydrogen) atoms. The van der Waals surface area contributed by atoms with Gasteiger partial charge < -0.3 is 5.11 Å². The molecule has 0 amide bonds. The summed E-state index contributed by atoms with van der Waals surface area (Å²) in [5.41, 5.74) is 1.79. The Morgan fingerprint density at radius 2 is 2.13 bits per heavy atom. The Labute approximate surface area is 101 Å². The van der Waals surface area contributed by atoms with Crippen LogP contribution in [0.5, 0.6) is 0 Å². The van der Waals surface area contributed by atoms with E-state index in [1.807, 2.05) is 29.6 Å². The molecule has 1 heterocycles. The number of thiazole rings is 1. The summed E-state index contributed by atoms with van der Waals surface area (Å²) in [6.45, 7) is 1.72. The maximum Gasteiger partial charge on any atom is 0.124 e. The zero-order chi connectivity index (χ0) is 10.8. The lowest BCUT2D eigenvalue weighted by molar-refractivity contribution is 0.195. The topological polar surface area (TPSA) is 33.1 Å². The molecule has 2 aromatic rings. The van der Waals surface area contributed by atoms with E-state index in [9.17, 15) is 5.11 Å². The van der Waals surface area contributed by atoms with E-state index in [1.54, 1.807) is 18.3 Å². The average Bonchev–Trinajstić information content (AvgIpc) is 2.67. The monoisotopic (exact) mass is 283 g/mol. The summed E-state index contributed by atoms with van der Waals surface area (Å²) >= 11 is 5.03. The van der Waals surface area contributed by atoms with E-state index < -0.39 is 6.10 Å². The second-order valence-electron chi connectivity index (χ2n) is 3.23. The molecule has 0 bridgehead atoms. The second kappa shape index (κ2) is 4.43. The van der Waals surface area contributed by atoms with E-state index in [1.165, 1.54) is 0 Å². The van der Waals surface area contributed by atoms with Crippen molar-refractivity contribution in [1.29, 1.82) is 0 Å². The van der Waals surface area contributed by atoms with Crippen molar-refractivity contribution in [2.24, 2.45) is 0 Å². The predicted molar refractivity (Wildman–Crippen MR) is 65.9 cm³/mol. The lowest BCUT2D eigenvalue weighted by Crippen LogP contribution is -1.90. The van der Waals surface area contributed by atoms with Crippen LogP contribution < -0.4 is 0 Å². The number of aliphatic hydroxyl groups is 1. The van der Waals surface area contributed by atoms with Crippen LogP contribution in [-0.4, -0.2) is 10.1 Å². The van der Waals surface area contributed by atoms with Gasteiger partial charge in [0.15, 0.2) is 0 Å². The number of rotatable bonds is 2. The lowest BCUT2D eigenvalue weighted by atomic mass is 10.2. The number of aromatic nitrogens is 1. The molecule has 1 N–H and O–H groups in total. The van der Waals surface area contributed by atoms with Crippen molar-refractivity contribution < 1.29 is 5.11 Å². The normalized spacial score (nSPS) is 12.7. The Hall–Kier alpha value is -0.710. The van der Waals surface area contributed by atoms with Crippen LogP contribution in [-0.2, 0) is 0 Å². The van der Waals surface area contributed by atoms with Crippen molar-refractivity contribution in [2.45, 2.75) is 13.0 Å². The van der Waals surface area contributed by atoms with Crippen LogP contribution >= 0.6 is 27.3 Å². The zero-order valence-corrected chi connectivity index (χ0v) is 10.5. The summed E-state index contributed by atoms with van der Waals surface area (Å²) in [6.07, 6.45) is -0.502. The minimum Gasteiger partial charge on any atom is -0.387 e. The van der Waals surface area contributed by atoms with Crippen molar-refractivity contribution in [2.75, 3.05) is 0 Å². The van der Waals surface area contributed by atoms with E-state index in [-0.39, 0.29) is 0 Å². The van der Waals surface area contributed by atoms with E-state index in [0.29, 0.717) is 0 Å². The molecule has 0 aliphatic carbocycles. The first kappa shape index (κ1) is 10.8. The van der Waals surface area contributed by atoms with Crippen LogP contribution in [0.4, 0.5) is 0 Å². The smallest absolute Gasteiger partial charge is 0.124 e. The van der Waals surface area contributed by atoms with Gasteiger partial charge in [-0.05, 0) is 13.0 Å². The van der Waals surface area contributed by atoms with E-state index in [0.717, 1.165) is 20.7 Å². The second-order valence-corrected chi connectivity index (χ2v) is 4.95. The Morgan fingerprint density at radius 3 is 2.73 bits per heavy atom. The fourth-order valence-electron chi connectivity index (χ4n) is 1.24. The summed E-state index contributed by atoms with van der Waals surface area (Å²) in [4.78, 5) is 4.38. The standard InChI is InChI=1S/C11H10BrNOS/c1-7(14)10-6-15-11(13-10)8-4-2-3-5-9(8)12/h2-7,14H,1H3. The number of aliphatic hydroxyl groups excluding tert-OH is 1. The number of hydrogen-bond acceptors (Lipinski definition) is 3. The van der Waals surface area contributed by atoms with Gasteiger partial charge in [0.05, 0.1) is 11.8 Å². The third-order valence-electron chi connectivity index (χ3n) is 2.05. The molecule has 0 fully saturated rings. The summed E-state index contributed by atoms with van der Waals surface area (Å²) in [5.74, 6) is 0. The SMILES string of the molecule is CC(O)c1csc(-c2ccccc2Br)n1. The first-order valence-electron chi connectivity index (χ1n) is 4.57. The van der Waals surface area contributed by atoms with Gasteiger partial charge in [0, 0.05) is 15.4 Å². The number of halogens is 1. The Kier molecular flexibility index (Phi) is 3.19. The van der Waals surface area contributed by atoms with Gasteiger partial charge in [-0.2, -0.15) is 0 Å². The van der Waals surface area contributed by atoms with Gasteiger partial charge in [-0.1, -0.05) is 34.1 Å². The molecule has 4 heteroatoms. The van der Waals surface area contributed by atoms with E-state index in [2.05, 4.69) is 20.9 Å². The molecule has 0 aliphatic heterocycles. The predicted octanol–water partition coefficient (Wildman–Crippen LogP) is 3.63. The quantitative estimate of drug-likeness (QED) is 0.913. The van der Waals surface area contributed by atoms with E-state index >= 15 is 0 Å². The van der Waals surface area contributed by atoms with Crippen LogP contribution in [0.3, 0.4) is 0 Å². The van der Waals surface area contributed by atoms with Gasteiger partial charge in [-0.3, -0.25) is 0 Å². The molecular formula is C11H10BrNOS. The Balaban J connectivity index is 2.42. The average molecular weight is 284 g/mol. The minimum absolute atomic E-state index is 0.502. The summed E-state index contributed by atoms with van der Waals surface area (Å²) in [7, 11) is 0. The highest BCUT2D eigenvalue weighted by Crippen LogP contribution is 2.31. The lowest BCUT2D eigenvalue weighted by Gasteiger charge is -2.00. The van der Waals surface area contributed by atoms with Gasteiger partial charge in [-0.15, -0.1) is 11.3 Å². The van der Waals surface area contributed by atoms with Crippen molar-refractivity contribution in [3.05, 3.63) is 39.8 Å². The highest BCUT2D eigenvalue weighted by Gasteiger charge is 2.10. The fraction of sp³-hybridized carbons (Fsp3) is 0.182. The highest BCUT2D eigenvalue weighted by molar-refractivity contribution is 9.10. The molecule has 0 spiro atoms. The molecule has 0 aliphatic rings. The molecule has 0 saturated carbocycles. The number of benzene rings is 1. The van der Waals surface area contributed by atoms with Gasteiger partial charge in [0.1, 0.15) is 5.01 Å². The number of nitrogens with zero attached hydrogens (tertiary/aromatic N) is 1. The van der Waals surface area contributed by atoms with Gasteiger partial charge in [0.25, 0.3) is 0 Å². The summed E-state index contributed by atoms with van der Waals surface area (Å²) in [5, 5.41) is 12.2. The van der Waals surface area contributed by atoms with Crippen LogP contribution in [0.15, 0.2) is 34.1 Å². The van der Waals surface area contributed by atoms with Crippen molar-refractivity contribution >= 4 is 27.3 Å². The van der Waals surface area contributed by atoms with Crippen molar-refractivity contribution in [3.8, 4) is 10.6 Å². The molecule has 2 nitrogen and oxygen atoms in total. The molecule has 1 atom stereocenters. The summed E-state index contributed by atoms with van der Waals surface area (Å²) < 4.78 is 1.02. The molecule has 1 aromatic carbocycles. The van der Waals surface area contributed by atoms with Crippen molar-refractivity contribution in [3.63, 3.8) is 0 Å². The Bertz CT molecular complexity index is 467. The van der Waals surface area contributed by atoms with Crippen LogP contribution in [0.2, 0.25) is 0 Å². The first-order chi connectivity index (χ1) is 7.18. The largest absolute Gasteiger partial charge is 0.387 e. The highest BCUT2D eigenvalue weighted by atomic mass is 79.9. The Morgan fingerprint density at radius 1 is 1.40 bits per heavy atom. The summed E-state index contributed by atoms with van der Waals surface area (Å²) in [6, 6.07) is 7.94. The first-order valence-corrected chi connectivity index (χ1v) is 6.24. The fourth-order valence-corrected chi connectivity index (χ4v) is 2.79. The van der Waals surface area contributed by atoms with Crippen LogP contribution in [0, 0.1) is 0 Å². The van der Waals surface area contributed by atoms with Crippen LogP contribution in [0.25, 0.3) is 10.6 Å². The van der Waals surface area contributed by atoms with E-state index in [4.69, 9.17) is 0 Å². The minimum atomic E-state index is -0.502. The number of hydrogen-bond donors (Lipinski definition) is 1. The maximum absolute atomic E-state index is 9.39. The molecule has 1 unspecified atom stereocenters. The maximum atomic E-state index is 9.39. The molecular weight excluding hydrogens is 274 g/mol. The zero-order valence-electron chi connectivity index (χ0n) is 8.14. The molecule has 78 valence electrons. The third-order valence-corrected chi connectivity index (χ3v) is 3.64. The van der Waals surface area contributed by atoms with Gasteiger partial charge in [0.2, 0.25) is 0 Å². The molecule has 0 saturated heterocycles. The molecule has 2 rings (SSSR count). The molecule has 0 radical (unpaired) electrons. The van der Waals surface area contributed by atoms with Crippen molar-refractivity contribution in [1.82, 2.24) is 4.98 Å². The molecule has 1 aromatic heterocycles. The van der Waals surface area contributed by atoms with Gasteiger partial charge >= 0.3 is 0 Å². The van der Waals surface area contributed by atoms with Crippen LogP contribution in [0.1, 0.15) is 18.7 Å².